The minimum atomic E-state index is 1.01. The Bertz CT molecular complexity index is 134. The maximum Gasteiger partial charge on any atom is 0.0492 e. The van der Waals surface area contributed by atoms with Gasteiger partial charge in [-0.05, 0) is 19.4 Å². The molecule has 0 saturated carbocycles. The van der Waals surface area contributed by atoms with E-state index in [1.54, 1.807) is 6.21 Å². The lowest BCUT2D eigenvalue weighted by Gasteiger charge is -1.78. The first-order chi connectivity index (χ1) is 4.91. The van der Waals surface area contributed by atoms with Crippen LogP contribution in [0.2, 0.25) is 0 Å². The molecule has 0 spiro atoms. The van der Waals surface area contributed by atoms with Crippen LogP contribution in [0.4, 0.5) is 0 Å². The molecule has 0 atom stereocenters. The summed E-state index contributed by atoms with van der Waals surface area (Å²) >= 11 is 0. The summed E-state index contributed by atoms with van der Waals surface area (Å²) in [6.07, 6.45) is 9.39. The van der Waals surface area contributed by atoms with E-state index in [0.29, 0.717) is 0 Å². The molecule has 0 amide bonds. The molecule has 0 bridgehead atoms. The molecular formula is C8H14N2. The van der Waals surface area contributed by atoms with E-state index in [0.717, 1.165) is 12.8 Å². The number of unbranched alkanes of at least 4 members (excludes halogenated alkanes) is 1. The van der Waals surface area contributed by atoms with Gasteiger partial charge in [0.15, 0.2) is 0 Å². The third-order valence-corrected chi connectivity index (χ3v) is 0.911. The molecule has 0 aliphatic carbocycles. The second-order valence-electron chi connectivity index (χ2n) is 1.88. The van der Waals surface area contributed by atoms with Crippen molar-refractivity contribution in [1.82, 2.24) is 0 Å². The van der Waals surface area contributed by atoms with Crippen molar-refractivity contribution in [2.45, 2.75) is 26.7 Å². The van der Waals surface area contributed by atoms with Crippen LogP contribution in [0.15, 0.2) is 22.4 Å². The van der Waals surface area contributed by atoms with E-state index in [1.165, 1.54) is 0 Å². The van der Waals surface area contributed by atoms with Crippen LogP contribution in [0.5, 0.6) is 0 Å². The lowest BCUT2D eigenvalue weighted by Crippen LogP contribution is -1.69. The molecule has 2 nitrogen and oxygen atoms in total. The molecule has 0 aliphatic heterocycles. The molecule has 0 aromatic carbocycles. The van der Waals surface area contributed by atoms with Gasteiger partial charge in [-0.3, -0.25) is 0 Å². The Labute approximate surface area is 62.4 Å². The maximum atomic E-state index is 3.79. The summed E-state index contributed by atoms with van der Waals surface area (Å²) in [5.74, 6) is 0. The molecule has 10 heavy (non-hydrogen) atoms. The Morgan fingerprint density at radius 3 is 2.70 bits per heavy atom. The lowest BCUT2D eigenvalue weighted by molar-refractivity contribution is 1.00. The second-order valence-corrected chi connectivity index (χ2v) is 1.88. The summed E-state index contributed by atoms with van der Waals surface area (Å²) < 4.78 is 0. The standard InChI is InChI=1S/C8H14N2/c1-3-5-7-9-10-8-6-4-2/h3,5,7-8H,4,6H2,1-2H3/b5-3-,9-7+,10-8+. The van der Waals surface area contributed by atoms with Crippen LogP contribution in [0.25, 0.3) is 0 Å². The molecule has 0 aliphatic rings. The predicted molar refractivity (Wildman–Crippen MR) is 46.7 cm³/mol. The average Bonchev–Trinajstić information content (AvgIpc) is 1.97. The molecule has 0 unspecified atom stereocenters. The first kappa shape index (κ1) is 9.08. The fourth-order valence-corrected chi connectivity index (χ4v) is 0.397. The van der Waals surface area contributed by atoms with E-state index in [9.17, 15) is 0 Å². The molecule has 0 aromatic rings. The molecule has 0 N–H and O–H groups in total. The molecule has 0 fully saturated rings. The van der Waals surface area contributed by atoms with Crippen molar-refractivity contribution in [3.8, 4) is 0 Å². The van der Waals surface area contributed by atoms with Gasteiger partial charge in [0.05, 0.1) is 0 Å². The number of allylic oxidation sites excluding steroid dienone is 2. The quantitative estimate of drug-likeness (QED) is 0.421. The van der Waals surface area contributed by atoms with Gasteiger partial charge in [0.25, 0.3) is 0 Å². The van der Waals surface area contributed by atoms with E-state index >= 15 is 0 Å². The highest BCUT2D eigenvalue weighted by Gasteiger charge is 1.69. The van der Waals surface area contributed by atoms with Crippen molar-refractivity contribution in [1.29, 1.82) is 0 Å². The lowest BCUT2D eigenvalue weighted by atomic mass is 10.4. The van der Waals surface area contributed by atoms with Crippen LogP contribution in [-0.4, -0.2) is 12.4 Å². The largest absolute Gasteiger partial charge is 0.164 e. The van der Waals surface area contributed by atoms with E-state index < -0.39 is 0 Å². The molecule has 0 rings (SSSR count). The molecule has 0 heterocycles. The number of rotatable bonds is 4. The number of hydrogen-bond acceptors (Lipinski definition) is 2. The van der Waals surface area contributed by atoms with Gasteiger partial charge in [-0.2, -0.15) is 10.2 Å². The fraction of sp³-hybridized carbons (Fsp3) is 0.500. The van der Waals surface area contributed by atoms with Crippen LogP contribution < -0.4 is 0 Å². The highest BCUT2D eigenvalue weighted by molar-refractivity contribution is 5.71. The van der Waals surface area contributed by atoms with Crippen molar-refractivity contribution >= 4 is 12.4 Å². The Morgan fingerprint density at radius 2 is 2.10 bits per heavy atom. The molecular weight excluding hydrogens is 124 g/mol. The monoisotopic (exact) mass is 138 g/mol. The zero-order valence-electron chi connectivity index (χ0n) is 6.62. The van der Waals surface area contributed by atoms with E-state index in [2.05, 4.69) is 17.1 Å². The van der Waals surface area contributed by atoms with Crippen molar-refractivity contribution in [3.63, 3.8) is 0 Å². The first-order valence-corrected chi connectivity index (χ1v) is 3.58. The maximum absolute atomic E-state index is 3.79. The van der Waals surface area contributed by atoms with Crippen LogP contribution in [-0.2, 0) is 0 Å². The summed E-state index contributed by atoms with van der Waals surface area (Å²) in [6, 6.07) is 0. The number of nitrogens with zero attached hydrogens (tertiary/aromatic N) is 2. The van der Waals surface area contributed by atoms with Crippen LogP contribution in [0, 0.1) is 0 Å². The molecule has 0 aromatic heterocycles. The summed E-state index contributed by atoms with van der Waals surface area (Å²) in [5.41, 5.74) is 0. The minimum absolute atomic E-state index is 1.01. The normalized spacial score (nSPS) is 12.6. The van der Waals surface area contributed by atoms with E-state index in [4.69, 9.17) is 0 Å². The van der Waals surface area contributed by atoms with E-state index in [1.807, 2.05) is 25.3 Å². The van der Waals surface area contributed by atoms with Crippen molar-refractivity contribution in [3.05, 3.63) is 12.2 Å². The Hall–Kier alpha value is -0.920. The van der Waals surface area contributed by atoms with Gasteiger partial charge < -0.3 is 0 Å². The minimum Gasteiger partial charge on any atom is -0.164 e. The van der Waals surface area contributed by atoms with Gasteiger partial charge in [0.2, 0.25) is 0 Å². The first-order valence-electron chi connectivity index (χ1n) is 3.58. The molecule has 56 valence electrons. The third kappa shape index (κ3) is 7.08. The Kier molecular flexibility index (Phi) is 7.34. The van der Waals surface area contributed by atoms with Gasteiger partial charge in [-0.15, -0.1) is 0 Å². The van der Waals surface area contributed by atoms with Gasteiger partial charge in [-0.25, -0.2) is 0 Å². The molecule has 0 radical (unpaired) electrons. The van der Waals surface area contributed by atoms with Gasteiger partial charge in [-0.1, -0.05) is 19.4 Å². The summed E-state index contributed by atoms with van der Waals surface area (Å²) in [4.78, 5) is 0. The SMILES string of the molecule is C\C=C/C=N/N=C/CCC. The summed E-state index contributed by atoms with van der Waals surface area (Å²) in [7, 11) is 0. The van der Waals surface area contributed by atoms with Crippen molar-refractivity contribution in [2.75, 3.05) is 0 Å². The molecule has 2 heteroatoms. The topological polar surface area (TPSA) is 24.7 Å². The highest BCUT2D eigenvalue weighted by Crippen LogP contribution is 1.80. The number of hydrogen-bond donors (Lipinski definition) is 0. The van der Waals surface area contributed by atoms with Gasteiger partial charge in [0.1, 0.15) is 0 Å². The van der Waals surface area contributed by atoms with Crippen LogP contribution in [0.1, 0.15) is 26.7 Å². The highest BCUT2D eigenvalue weighted by atomic mass is 15.2. The third-order valence-electron chi connectivity index (χ3n) is 0.911. The smallest absolute Gasteiger partial charge is 0.0492 e. The van der Waals surface area contributed by atoms with E-state index in [-0.39, 0.29) is 0 Å². The zero-order valence-corrected chi connectivity index (χ0v) is 6.62. The van der Waals surface area contributed by atoms with Crippen molar-refractivity contribution < 1.29 is 0 Å². The summed E-state index contributed by atoms with van der Waals surface area (Å²) in [5, 5.41) is 7.55. The van der Waals surface area contributed by atoms with Gasteiger partial charge >= 0.3 is 0 Å². The average molecular weight is 138 g/mol. The van der Waals surface area contributed by atoms with Crippen LogP contribution >= 0.6 is 0 Å². The predicted octanol–water partition coefficient (Wildman–Crippen LogP) is 2.42. The Balaban J connectivity index is 3.32. The van der Waals surface area contributed by atoms with Crippen molar-refractivity contribution in [2.24, 2.45) is 10.2 Å². The van der Waals surface area contributed by atoms with Crippen LogP contribution in [0.3, 0.4) is 0 Å². The molecule has 0 saturated heterocycles. The zero-order chi connectivity index (χ0) is 7.66. The second kappa shape index (κ2) is 8.08. The van der Waals surface area contributed by atoms with Gasteiger partial charge in [0, 0.05) is 12.4 Å². The fourth-order valence-electron chi connectivity index (χ4n) is 0.397. The summed E-state index contributed by atoms with van der Waals surface area (Å²) in [6.45, 7) is 4.06. The Morgan fingerprint density at radius 1 is 1.30 bits per heavy atom.